The Bertz CT molecular complexity index is 655. The Hall–Kier alpha value is -2.50. The molecule has 22 heavy (non-hydrogen) atoms. The van der Waals surface area contributed by atoms with Crippen LogP contribution in [0.1, 0.15) is 28.3 Å². The van der Waals surface area contributed by atoms with Gasteiger partial charge in [-0.05, 0) is 32.0 Å². The fraction of sp³-hybridized carbons (Fsp3) is 0.375. The van der Waals surface area contributed by atoms with Crippen LogP contribution in [-0.4, -0.2) is 45.0 Å². The molecule has 1 aliphatic rings. The molecule has 0 N–H and O–H groups in total. The lowest BCUT2D eigenvalue weighted by Crippen LogP contribution is -2.31. The van der Waals surface area contributed by atoms with Crippen molar-refractivity contribution in [3.8, 4) is 6.01 Å². The van der Waals surface area contributed by atoms with Gasteiger partial charge in [-0.15, -0.1) is 0 Å². The quantitative estimate of drug-likeness (QED) is 0.864. The van der Waals surface area contributed by atoms with Gasteiger partial charge in [-0.25, -0.2) is 9.97 Å². The first-order chi connectivity index (χ1) is 10.6. The van der Waals surface area contributed by atoms with Gasteiger partial charge in [-0.3, -0.25) is 9.78 Å². The van der Waals surface area contributed by atoms with E-state index in [1.54, 1.807) is 23.2 Å². The van der Waals surface area contributed by atoms with Crippen LogP contribution in [0.5, 0.6) is 6.01 Å². The van der Waals surface area contributed by atoms with E-state index in [0.717, 1.165) is 17.8 Å². The van der Waals surface area contributed by atoms with E-state index < -0.39 is 0 Å². The standard InChI is InChI=1S/C16H18N4O2/c1-11-9-12(2)19-16(18-11)22-13-6-8-20(10-13)15(21)14-5-3-4-7-17-14/h3-5,7,9,13H,6,8,10H2,1-2H3/t13-/m1/s1. The smallest absolute Gasteiger partial charge is 0.317 e. The summed E-state index contributed by atoms with van der Waals surface area (Å²) < 4.78 is 5.82. The number of nitrogens with zero attached hydrogens (tertiary/aromatic N) is 4. The zero-order valence-electron chi connectivity index (χ0n) is 12.7. The van der Waals surface area contributed by atoms with Crippen LogP contribution >= 0.6 is 0 Å². The molecule has 2 aromatic heterocycles. The largest absolute Gasteiger partial charge is 0.458 e. The maximum absolute atomic E-state index is 12.3. The van der Waals surface area contributed by atoms with E-state index in [1.807, 2.05) is 26.0 Å². The monoisotopic (exact) mass is 298 g/mol. The molecule has 1 fully saturated rings. The topological polar surface area (TPSA) is 68.2 Å². The van der Waals surface area contributed by atoms with E-state index in [-0.39, 0.29) is 12.0 Å². The summed E-state index contributed by atoms with van der Waals surface area (Å²) in [6.07, 6.45) is 2.32. The van der Waals surface area contributed by atoms with Gasteiger partial charge < -0.3 is 9.64 Å². The van der Waals surface area contributed by atoms with Crippen molar-refractivity contribution >= 4 is 5.91 Å². The highest BCUT2D eigenvalue weighted by Crippen LogP contribution is 2.17. The van der Waals surface area contributed by atoms with Gasteiger partial charge in [0.1, 0.15) is 11.8 Å². The molecule has 0 aromatic carbocycles. The molecule has 0 unspecified atom stereocenters. The number of pyridine rings is 1. The Labute approximate surface area is 129 Å². The summed E-state index contributed by atoms with van der Waals surface area (Å²) >= 11 is 0. The predicted octanol–water partition coefficient (Wildman–Crippen LogP) is 1.78. The van der Waals surface area contributed by atoms with E-state index in [1.165, 1.54) is 0 Å². The van der Waals surface area contributed by atoms with Crippen molar-refractivity contribution in [1.29, 1.82) is 0 Å². The van der Waals surface area contributed by atoms with Crippen LogP contribution < -0.4 is 4.74 Å². The summed E-state index contributed by atoms with van der Waals surface area (Å²) in [5.74, 6) is -0.0620. The Morgan fingerprint density at radius 3 is 2.73 bits per heavy atom. The molecular formula is C16H18N4O2. The summed E-state index contributed by atoms with van der Waals surface area (Å²) in [5.41, 5.74) is 2.22. The number of hydrogen-bond donors (Lipinski definition) is 0. The molecular weight excluding hydrogens is 280 g/mol. The highest BCUT2D eigenvalue weighted by Gasteiger charge is 2.29. The molecule has 1 atom stereocenters. The number of carbonyl (C=O) groups is 1. The number of aromatic nitrogens is 3. The van der Waals surface area contributed by atoms with E-state index in [2.05, 4.69) is 15.0 Å². The van der Waals surface area contributed by atoms with E-state index >= 15 is 0 Å². The number of ether oxygens (including phenoxy) is 1. The molecule has 1 aliphatic heterocycles. The fourth-order valence-corrected chi connectivity index (χ4v) is 2.56. The molecule has 114 valence electrons. The van der Waals surface area contributed by atoms with Crippen molar-refractivity contribution in [2.45, 2.75) is 26.4 Å². The second-order valence-corrected chi connectivity index (χ2v) is 5.43. The van der Waals surface area contributed by atoms with Crippen molar-refractivity contribution in [3.63, 3.8) is 0 Å². The summed E-state index contributed by atoms with van der Waals surface area (Å²) in [5, 5.41) is 0. The lowest BCUT2D eigenvalue weighted by atomic mass is 10.3. The van der Waals surface area contributed by atoms with E-state index in [0.29, 0.717) is 24.8 Å². The second-order valence-electron chi connectivity index (χ2n) is 5.43. The minimum absolute atomic E-state index is 0.0620. The number of carbonyl (C=O) groups excluding carboxylic acids is 1. The van der Waals surface area contributed by atoms with Crippen molar-refractivity contribution < 1.29 is 9.53 Å². The first-order valence-electron chi connectivity index (χ1n) is 7.31. The normalized spacial score (nSPS) is 17.5. The minimum atomic E-state index is -0.0751. The van der Waals surface area contributed by atoms with Crippen LogP contribution in [0, 0.1) is 13.8 Å². The molecule has 3 rings (SSSR count). The van der Waals surface area contributed by atoms with Gasteiger partial charge >= 0.3 is 6.01 Å². The molecule has 6 nitrogen and oxygen atoms in total. The predicted molar refractivity (Wildman–Crippen MR) is 80.7 cm³/mol. The molecule has 0 saturated carbocycles. The fourth-order valence-electron chi connectivity index (χ4n) is 2.56. The van der Waals surface area contributed by atoms with E-state index in [9.17, 15) is 4.79 Å². The summed E-state index contributed by atoms with van der Waals surface area (Å²) in [6.45, 7) is 5.01. The number of likely N-dealkylation sites (tertiary alicyclic amines) is 1. The SMILES string of the molecule is Cc1cc(C)nc(O[C@@H]2CCN(C(=O)c3ccccn3)C2)n1. The molecule has 1 amide bonds. The van der Waals surface area contributed by atoms with Gasteiger partial charge in [-0.2, -0.15) is 0 Å². The Morgan fingerprint density at radius 1 is 1.27 bits per heavy atom. The number of rotatable bonds is 3. The van der Waals surface area contributed by atoms with Gasteiger partial charge in [0.25, 0.3) is 5.91 Å². The van der Waals surface area contributed by atoms with Crippen LogP contribution in [0.4, 0.5) is 0 Å². The van der Waals surface area contributed by atoms with Gasteiger partial charge in [0.2, 0.25) is 0 Å². The molecule has 1 saturated heterocycles. The Kier molecular flexibility index (Phi) is 4.00. The maximum Gasteiger partial charge on any atom is 0.317 e. The zero-order chi connectivity index (χ0) is 15.5. The summed E-state index contributed by atoms with van der Waals surface area (Å²) in [7, 11) is 0. The van der Waals surface area contributed by atoms with Crippen molar-refractivity contribution in [1.82, 2.24) is 19.9 Å². The first-order valence-corrected chi connectivity index (χ1v) is 7.31. The highest BCUT2D eigenvalue weighted by atomic mass is 16.5. The molecule has 0 aliphatic carbocycles. The zero-order valence-corrected chi connectivity index (χ0v) is 12.7. The number of aryl methyl sites for hydroxylation is 2. The molecule has 0 radical (unpaired) electrons. The van der Waals surface area contributed by atoms with Gasteiger partial charge in [-0.1, -0.05) is 6.07 Å². The summed E-state index contributed by atoms with van der Waals surface area (Å²) in [4.78, 5) is 26.7. The average Bonchev–Trinajstić information content (AvgIpc) is 2.95. The van der Waals surface area contributed by atoms with Gasteiger partial charge in [0.05, 0.1) is 6.54 Å². The highest BCUT2D eigenvalue weighted by molar-refractivity contribution is 5.92. The number of amides is 1. The third kappa shape index (κ3) is 3.21. The maximum atomic E-state index is 12.3. The second kappa shape index (κ2) is 6.09. The molecule has 6 heteroatoms. The minimum Gasteiger partial charge on any atom is -0.458 e. The average molecular weight is 298 g/mol. The van der Waals surface area contributed by atoms with Crippen molar-refractivity contribution in [2.24, 2.45) is 0 Å². The van der Waals surface area contributed by atoms with Crippen LogP contribution in [0.3, 0.4) is 0 Å². The lowest BCUT2D eigenvalue weighted by molar-refractivity contribution is 0.0764. The third-order valence-corrected chi connectivity index (χ3v) is 3.55. The van der Waals surface area contributed by atoms with Crippen LogP contribution in [0.2, 0.25) is 0 Å². The molecule has 2 aromatic rings. The van der Waals surface area contributed by atoms with Crippen LogP contribution in [0.15, 0.2) is 30.5 Å². The van der Waals surface area contributed by atoms with Gasteiger partial charge in [0, 0.05) is 30.6 Å². The van der Waals surface area contributed by atoms with Crippen molar-refractivity contribution in [2.75, 3.05) is 13.1 Å². The molecule has 0 spiro atoms. The molecule has 3 heterocycles. The Morgan fingerprint density at radius 2 is 2.05 bits per heavy atom. The third-order valence-electron chi connectivity index (χ3n) is 3.55. The summed E-state index contributed by atoms with van der Waals surface area (Å²) in [6, 6.07) is 7.62. The number of hydrogen-bond acceptors (Lipinski definition) is 5. The van der Waals surface area contributed by atoms with Crippen LogP contribution in [-0.2, 0) is 0 Å². The first kappa shape index (κ1) is 14.4. The van der Waals surface area contributed by atoms with Crippen LogP contribution in [0.25, 0.3) is 0 Å². The van der Waals surface area contributed by atoms with E-state index in [4.69, 9.17) is 4.74 Å². The lowest BCUT2D eigenvalue weighted by Gasteiger charge is -2.16. The molecule has 0 bridgehead atoms. The van der Waals surface area contributed by atoms with Gasteiger partial charge in [0.15, 0.2) is 0 Å². The van der Waals surface area contributed by atoms with Crippen molar-refractivity contribution in [3.05, 3.63) is 47.5 Å². The Balaban J connectivity index is 1.64.